The van der Waals surface area contributed by atoms with Gasteiger partial charge >= 0.3 is 5.97 Å². The molecule has 2 aromatic carbocycles. The number of Topliss-reactive ketones (excluding diaryl/α,β-unsaturated/α-hetero) is 1. The smallest absolute Gasteiger partial charge is 0.309 e. The summed E-state index contributed by atoms with van der Waals surface area (Å²) in [5, 5.41) is 8.66. The molecule has 0 saturated heterocycles. The molecule has 0 aromatic heterocycles. The van der Waals surface area contributed by atoms with Crippen LogP contribution < -0.4 is 0 Å². The lowest BCUT2D eigenvalue weighted by Gasteiger charge is -2.11. The van der Waals surface area contributed by atoms with Crippen molar-refractivity contribution in [3.63, 3.8) is 0 Å². The fourth-order valence-corrected chi connectivity index (χ4v) is 2.19. The van der Waals surface area contributed by atoms with Crippen molar-refractivity contribution in [2.24, 2.45) is 5.92 Å². The normalized spacial score (nSPS) is 11.4. The number of esters is 1. The highest BCUT2D eigenvalue weighted by Crippen LogP contribution is 2.12. The summed E-state index contributed by atoms with van der Waals surface area (Å²) in [6.07, 6.45) is 0.513. The SMILES string of the molecule is C[C@@H](Cc1ccccc1)C(=O)OCC(=O)c1ccc(C#N)c(F)c1. The van der Waals surface area contributed by atoms with Crippen LogP contribution >= 0.6 is 0 Å². The van der Waals surface area contributed by atoms with Gasteiger partial charge in [-0.05, 0) is 30.2 Å². The second-order valence-electron chi connectivity index (χ2n) is 5.43. The van der Waals surface area contributed by atoms with Crippen molar-refractivity contribution >= 4 is 11.8 Å². The number of ether oxygens (including phenoxy) is 1. The zero-order chi connectivity index (χ0) is 17.5. The fraction of sp³-hybridized carbons (Fsp3) is 0.211. The first-order chi connectivity index (χ1) is 11.5. The van der Waals surface area contributed by atoms with E-state index in [2.05, 4.69) is 0 Å². The minimum absolute atomic E-state index is 0.0648. The molecule has 0 aliphatic carbocycles. The molecule has 0 N–H and O–H groups in total. The molecule has 2 rings (SSSR count). The van der Waals surface area contributed by atoms with Crippen LogP contribution in [0.2, 0.25) is 0 Å². The maximum absolute atomic E-state index is 13.5. The first-order valence-electron chi connectivity index (χ1n) is 7.44. The van der Waals surface area contributed by atoms with E-state index >= 15 is 0 Å². The molecule has 0 radical (unpaired) electrons. The molecule has 24 heavy (non-hydrogen) atoms. The largest absolute Gasteiger partial charge is 0.457 e. The van der Waals surface area contributed by atoms with Gasteiger partial charge in [-0.25, -0.2) is 4.39 Å². The van der Waals surface area contributed by atoms with Gasteiger partial charge in [0.1, 0.15) is 11.9 Å². The Morgan fingerprint density at radius 3 is 2.54 bits per heavy atom. The van der Waals surface area contributed by atoms with Gasteiger partial charge in [-0.15, -0.1) is 0 Å². The summed E-state index contributed by atoms with van der Waals surface area (Å²) in [6.45, 7) is 1.27. The molecule has 0 spiro atoms. The molecule has 0 saturated carbocycles. The van der Waals surface area contributed by atoms with Gasteiger partial charge in [0.15, 0.2) is 12.4 Å². The topological polar surface area (TPSA) is 67.2 Å². The van der Waals surface area contributed by atoms with Gasteiger partial charge in [0.05, 0.1) is 11.5 Å². The van der Waals surface area contributed by atoms with Crippen LogP contribution in [0.1, 0.15) is 28.4 Å². The minimum Gasteiger partial charge on any atom is -0.457 e. The molecule has 0 heterocycles. The molecule has 0 unspecified atom stereocenters. The van der Waals surface area contributed by atoms with E-state index in [0.29, 0.717) is 6.42 Å². The number of benzene rings is 2. The molecular weight excluding hydrogens is 309 g/mol. The third-order valence-corrected chi connectivity index (χ3v) is 3.54. The molecule has 0 aliphatic heterocycles. The number of rotatable bonds is 6. The summed E-state index contributed by atoms with van der Waals surface area (Å²) >= 11 is 0. The Bertz CT molecular complexity index is 781. The summed E-state index contributed by atoms with van der Waals surface area (Å²) in [4.78, 5) is 23.9. The monoisotopic (exact) mass is 325 g/mol. The predicted octanol–water partition coefficient (Wildman–Crippen LogP) is 3.30. The van der Waals surface area contributed by atoms with Gasteiger partial charge in [-0.3, -0.25) is 9.59 Å². The van der Waals surface area contributed by atoms with E-state index in [-0.39, 0.29) is 11.1 Å². The Balaban J connectivity index is 1.90. The molecule has 0 amide bonds. The molecule has 0 bridgehead atoms. The average Bonchev–Trinajstić information content (AvgIpc) is 2.60. The van der Waals surface area contributed by atoms with Gasteiger partial charge < -0.3 is 4.74 Å². The molecule has 122 valence electrons. The lowest BCUT2D eigenvalue weighted by Crippen LogP contribution is -2.21. The van der Waals surface area contributed by atoms with Crippen LogP contribution in [0.15, 0.2) is 48.5 Å². The number of hydrogen-bond donors (Lipinski definition) is 0. The third kappa shape index (κ3) is 4.50. The summed E-state index contributed by atoms with van der Waals surface area (Å²) in [5.74, 6) is -2.16. The van der Waals surface area contributed by atoms with Crippen molar-refractivity contribution in [2.45, 2.75) is 13.3 Å². The van der Waals surface area contributed by atoms with Crippen LogP contribution in [0.5, 0.6) is 0 Å². The van der Waals surface area contributed by atoms with Crippen LogP contribution in [0.3, 0.4) is 0 Å². The van der Waals surface area contributed by atoms with E-state index in [9.17, 15) is 14.0 Å². The number of ketones is 1. The van der Waals surface area contributed by atoms with Crippen molar-refractivity contribution in [2.75, 3.05) is 6.61 Å². The van der Waals surface area contributed by atoms with E-state index in [4.69, 9.17) is 10.00 Å². The zero-order valence-corrected chi connectivity index (χ0v) is 13.2. The van der Waals surface area contributed by atoms with Crippen molar-refractivity contribution < 1.29 is 18.7 Å². The quantitative estimate of drug-likeness (QED) is 0.604. The Morgan fingerprint density at radius 2 is 1.92 bits per heavy atom. The molecule has 0 aliphatic rings. The summed E-state index contributed by atoms with van der Waals surface area (Å²) in [5.41, 5.74) is 0.928. The number of nitriles is 1. The van der Waals surface area contributed by atoms with E-state index < -0.39 is 30.1 Å². The van der Waals surface area contributed by atoms with Gasteiger partial charge in [0.25, 0.3) is 0 Å². The first-order valence-corrected chi connectivity index (χ1v) is 7.44. The third-order valence-electron chi connectivity index (χ3n) is 3.54. The summed E-state index contributed by atoms with van der Waals surface area (Å²) in [7, 11) is 0. The van der Waals surface area contributed by atoms with E-state index in [0.717, 1.165) is 11.6 Å². The summed E-state index contributed by atoms with van der Waals surface area (Å²) in [6, 6.07) is 14.7. The van der Waals surface area contributed by atoms with Crippen molar-refractivity contribution in [1.29, 1.82) is 5.26 Å². The fourth-order valence-electron chi connectivity index (χ4n) is 2.19. The lowest BCUT2D eigenvalue weighted by molar-refractivity contribution is -0.146. The number of halogens is 1. The van der Waals surface area contributed by atoms with Crippen molar-refractivity contribution in [1.82, 2.24) is 0 Å². The second kappa shape index (κ2) is 8.02. The lowest BCUT2D eigenvalue weighted by atomic mass is 10.0. The number of carbonyl (C=O) groups is 2. The van der Waals surface area contributed by atoms with Gasteiger partial charge in [0, 0.05) is 5.56 Å². The Kier molecular flexibility index (Phi) is 5.80. The molecule has 2 aromatic rings. The number of hydrogen-bond acceptors (Lipinski definition) is 4. The van der Waals surface area contributed by atoms with Crippen LogP contribution in [-0.4, -0.2) is 18.4 Å². The van der Waals surface area contributed by atoms with Crippen LogP contribution in [0.25, 0.3) is 0 Å². The van der Waals surface area contributed by atoms with E-state index in [1.54, 1.807) is 13.0 Å². The van der Waals surface area contributed by atoms with Crippen LogP contribution in [-0.2, 0) is 16.0 Å². The molecule has 0 fully saturated rings. The van der Waals surface area contributed by atoms with E-state index in [1.807, 2.05) is 30.3 Å². The molecule has 4 nitrogen and oxygen atoms in total. The maximum atomic E-state index is 13.5. The zero-order valence-electron chi connectivity index (χ0n) is 13.2. The minimum atomic E-state index is -0.771. The van der Waals surface area contributed by atoms with Crippen LogP contribution in [0, 0.1) is 23.1 Å². The first kappa shape index (κ1) is 17.4. The Labute approximate surface area is 139 Å². The predicted molar refractivity (Wildman–Crippen MR) is 85.7 cm³/mol. The number of carbonyl (C=O) groups excluding carboxylic acids is 2. The van der Waals surface area contributed by atoms with Gasteiger partial charge in [-0.1, -0.05) is 37.3 Å². The maximum Gasteiger partial charge on any atom is 0.309 e. The molecular formula is C19H16FNO3. The number of nitrogens with zero attached hydrogens (tertiary/aromatic N) is 1. The Morgan fingerprint density at radius 1 is 1.21 bits per heavy atom. The second-order valence-corrected chi connectivity index (χ2v) is 5.43. The Hall–Kier alpha value is -3.00. The highest BCUT2D eigenvalue weighted by Gasteiger charge is 2.17. The summed E-state index contributed by atoms with van der Waals surface area (Å²) < 4.78 is 18.5. The van der Waals surface area contributed by atoms with Gasteiger partial charge in [-0.2, -0.15) is 5.26 Å². The molecule has 1 atom stereocenters. The van der Waals surface area contributed by atoms with E-state index in [1.165, 1.54) is 12.1 Å². The highest BCUT2D eigenvalue weighted by atomic mass is 19.1. The highest BCUT2D eigenvalue weighted by molar-refractivity contribution is 5.98. The van der Waals surface area contributed by atoms with Crippen LogP contribution in [0.4, 0.5) is 4.39 Å². The van der Waals surface area contributed by atoms with Crippen molar-refractivity contribution in [3.8, 4) is 6.07 Å². The van der Waals surface area contributed by atoms with Crippen molar-refractivity contribution in [3.05, 3.63) is 71.0 Å². The van der Waals surface area contributed by atoms with Gasteiger partial charge in [0.2, 0.25) is 0 Å². The standard InChI is InChI=1S/C19H16FNO3/c1-13(9-14-5-3-2-4-6-14)19(23)24-12-18(22)15-7-8-16(11-21)17(20)10-15/h2-8,10,13H,9,12H2,1H3/t13-/m0/s1. The molecule has 5 heteroatoms. The average molecular weight is 325 g/mol.